The van der Waals surface area contributed by atoms with Crippen LogP contribution in [0.2, 0.25) is 0 Å². The van der Waals surface area contributed by atoms with E-state index in [-0.39, 0.29) is 11.3 Å². The lowest BCUT2D eigenvalue weighted by atomic mass is 10.2. The molecule has 0 saturated heterocycles. The monoisotopic (exact) mass is 224 g/mol. The van der Waals surface area contributed by atoms with Gasteiger partial charge in [0.15, 0.2) is 0 Å². The zero-order chi connectivity index (χ0) is 11.4. The van der Waals surface area contributed by atoms with Crippen LogP contribution in [0.5, 0.6) is 0 Å². The maximum absolute atomic E-state index is 11.7. The van der Waals surface area contributed by atoms with E-state index in [4.69, 9.17) is 5.11 Å². The number of aryl methyl sites for hydroxylation is 1. The van der Waals surface area contributed by atoms with E-state index >= 15 is 0 Å². The molecule has 3 nitrogen and oxygen atoms in total. The molecule has 1 atom stereocenters. The number of carboxylic acids is 1. The Hall–Kier alpha value is -1.42. The van der Waals surface area contributed by atoms with Gasteiger partial charge in [-0.15, -0.1) is 0 Å². The van der Waals surface area contributed by atoms with Crippen LogP contribution in [0.1, 0.15) is 5.56 Å². The lowest BCUT2D eigenvalue weighted by molar-refractivity contribution is -0.132. The summed E-state index contributed by atoms with van der Waals surface area (Å²) in [5.41, 5.74) is 1.04. The van der Waals surface area contributed by atoms with Crippen molar-refractivity contribution in [3.63, 3.8) is 0 Å². The largest absolute Gasteiger partial charge is 0.478 e. The first kappa shape index (κ1) is 11.7. The highest BCUT2D eigenvalue weighted by Crippen LogP contribution is 2.10. The van der Waals surface area contributed by atoms with Gasteiger partial charge in [0.1, 0.15) is 0 Å². The lowest BCUT2D eigenvalue weighted by Gasteiger charge is -2.02. The van der Waals surface area contributed by atoms with Crippen molar-refractivity contribution >= 4 is 16.8 Å². The number of hydrogen-bond acceptors (Lipinski definition) is 2. The lowest BCUT2D eigenvalue weighted by Crippen LogP contribution is -2.08. The van der Waals surface area contributed by atoms with E-state index < -0.39 is 16.8 Å². The second-order valence-corrected chi connectivity index (χ2v) is 4.66. The standard InChI is InChI=1S/C11H12O3S/c1-8-3-5-10(6-4-8)15(14)7-9(2)11(12)13/h3-6H,2,7H2,1H3,(H,12,13). The Bertz CT molecular complexity index is 406. The van der Waals surface area contributed by atoms with E-state index in [1.54, 1.807) is 12.1 Å². The van der Waals surface area contributed by atoms with Crippen LogP contribution < -0.4 is 0 Å². The van der Waals surface area contributed by atoms with Crippen molar-refractivity contribution in [1.29, 1.82) is 0 Å². The average Bonchev–Trinajstić information content (AvgIpc) is 2.18. The third-order valence-corrected chi connectivity index (χ3v) is 3.30. The molecule has 0 aliphatic carbocycles. The third kappa shape index (κ3) is 3.32. The van der Waals surface area contributed by atoms with Crippen molar-refractivity contribution in [3.05, 3.63) is 42.0 Å². The minimum absolute atomic E-state index is 0.0294. The van der Waals surface area contributed by atoms with Gasteiger partial charge < -0.3 is 5.11 Å². The Morgan fingerprint density at radius 2 is 1.93 bits per heavy atom. The molecule has 1 aromatic rings. The first-order valence-electron chi connectivity index (χ1n) is 4.37. The van der Waals surface area contributed by atoms with Crippen molar-refractivity contribution < 1.29 is 14.1 Å². The van der Waals surface area contributed by atoms with Crippen LogP contribution in [0.4, 0.5) is 0 Å². The molecule has 0 aliphatic rings. The van der Waals surface area contributed by atoms with Gasteiger partial charge in [0, 0.05) is 10.5 Å². The maximum Gasteiger partial charge on any atom is 0.331 e. The second kappa shape index (κ2) is 4.89. The van der Waals surface area contributed by atoms with Gasteiger partial charge in [0.25, 0.3) is 0 Å². The summed E-state index contributed by atoms with van der Waals surface area (Å²) >= 11 is 0. The topological polar surface area (TPSA) is 54.4 Å². The minimum Gasteiger partial charge on any atom is -0.478 e. The summed E-state index contributed by atoms with van der Waals surface area (Å²) in [4.78, 5) is 11.1. The smallest absolute Gasteiger partial charge is 0.331 e. The van der Waals surface area contributed by atoms with Gasteiger partial charge in [-0.2, -0.15) is 0 Å². The molecule has 0 bridgehead atoms. The molecule has 1 aromatic carbocycles. The molecule has 0 aromatic heterocycles. The van der Waals surface area contributed by atoms with Crippen LogP contribution in [0, 0.1) is 6.92 Å². The fourth-order valence-corrected chi connectivity index (χ4v) is 2.04. The minimum atomic E-state index is -1.32. The molecule has 4 heteroatoms. The summed E-state index contributed by atoms with van der Waals surface area (Å²) in [5, 5.41) is 8.59. The Balaban J connectivity index is 2.74. The van der Waals surface area contributed by atoms with Gasteiger partial charge in [0.05, 0.1) is 16.6 Å². The molecular weight excluding hydrogens is 212 g/mol. The second-order valence-electron chi connectivity index (χ2n) is 3.21. The predicted octanol–water partition coefficient (Wildman–Crippen LogP) is 1.74. The number of aliphatic carboxylic acids is 1. The first-order chi connectivity index (χ1) is 7.00. The molecule has 0 heterocycles. The molecule has 0 radical (unpaired) electrons. The molecular formula is C11H12O3S. The normalized spacial score (nSPS) is 12.1. The summed E-state index contributed by atoms with van der Waals surface area (Å²) in [6.45, 7) is 5.28. The van der Waals surface area contributed by atoms with Gasteiger partial charge in [0.2, 0.25) is 0 Å². The summed E-state index contributed by atoms with van der Waals surface area (Å²) in [6, 6.07) is 7.16. The average molecular weight is 224 g/mol. The summed E-state index contributed by atoms with van der Waals surface area (Å²) in [7, 11) is -1.32. The molecule has 1 N–H and O–H groups in total. The van der Waals surface area contributed by atoms with E-state index in [2.05, 4.69) is 6.58 Å². The Morgan fingerprint density at radius 3 is 2.40 bits per heavy atom. The SMILES string of the molecule is C=C(CS(=O)c1ccc(C)cc1)C(=O)O. The highest BCUT2D eigenvalue weighted by Gasteiger charge is 2.10. The van der Waals surface area contributed by atoms with Crippen molar-refractivity contribution in [3.8, 4) is 0 Å². The molecule has 0 amide bonds. The van der Waals surface area contributed by atoms with Gasteiger partial charge in [-0.25, -0.2) is 4.79 Å². The number of carboxylic acid groups (broad SMARTS) is 1. The Morgan fingerprint density at radius 1 is 1.40 bits per heavy atom. The van der Waals surface area contributed by atoms with Gasteiger partial charge in [-0.3, -0.25) is 4.21 Å². The molecule has 0 spiro atoms. The van der Waals surface area contributed by atoms with E-state index in [1.165, 1.54) is 0 Å². The maximum atomic E-state index is 11.7. The van der Waals surface area contributed by atoms with Crippen LogP contribution in [0.15, 0.2) is 41.3 Å². The zero-order valence-electron chi connectivity index (χ0n) is 8.40. The predicted molar refractivity (Wildman–Crippen MR) is 59.2 cm³/mol. The van der Waals surface area contributed by atoms with Crippen LogP contribution in [-0.4, -0.2) is 21.0 Å². The van der Waals surface area contributed by atoms with E-state index in [9.17, 15) is 9.00 Å². The molecule has 15 heavy (non-hydrogen) atoms. The molecule has 0 saturated carbocycles. The number of benzene rings is 1. The van der Waals surface area contributed by atoms with Crippen molar-refractivity contribution in [2.45, 2.75) is 11.8 Å². The van der Waals surface area contributed by atoms with Crippen LogP contribution >= 0.6 is 0 Å². The highest BCUT2D eigenvalue weighted by atomic mass is 32.2. The molecule has 80 valence electrons. The van der Waals surface area contributed by atoms with Gasteiger partial charge >= 0.3 is 5.97 Å². The van der Waals surface area contributed by atoms with Crippen LogP contribution in [0.25, 0.3) is 0 Å². The molecule has 0 fully saturated rings. The Labute approximate surface area is 90.9 Å². The Kier molecular flexibility index (Phi) is 3.80. The fourth-order valence-electron chi connectivity index (χ4n) is 0.993. The summed E-state index contributed by atoms with van der Waals surface area (Å²) in [6.07, 6.45) is 0. The first-order valence-corrected chi connectivity index (χ1v) is 5.68. The third-order valence-electron chi connectivity index (χ3n) is 1.89. The number of rotatable bonds is 4. The molecule has 1 rings (SSSR count). The quantitative estimate of drug-likeness (QED) is 0.793. The van der Waals surface area contributed by atoms with Crippen LogP contribution in [0.3, 0.4) is 0 Å². The van der Waals surface area contributed by atoms with E-state index in [1.807, 2.05) is 19.1 Å². The highest BCUT2D eigenvalue weighted by molar-refractivity contribution is 7.85. The zero-order valence-corrected chi connectivity index (χ0v) is 9.21. The molecule has 0 aliphatic heterocycles. The van der Waals surface area contributed by atoms with Crippen molar-refractivity contribution in [1.82, 2.24) is 0 Å². The van der Waals surface area contributed by atoms with Crippen LogP contribution in [-0.2, 0) is 15.6 Å². The fraction of sp³-hybridized carbons (Fsp3) is 0.182. The van der Waals surface area contributed by atoms with Gasteiger partial charge in [-0.1, -0.05) is 24.3 Å². The summed E-state index contributed by atoms with van der Waals surface area (Å²) < 4.78 is 11.7. The number of hydrogen-bond donors (Lipinski definition) is 1. The van der Waals surface area contributed by atoms with Crippen molar-refractivity contribution in [2.24, 2.45) is 0 Å². The number of carbonyl (C=O) groups is 1. The van der Waals surface area contributed by atoms with Crippen molar-refractivity contribution in [2.75, 3.05) is 5.75 Å². The van der Waals surface area contributed by atoms with E-state index in [0.29, 0.717) is 4.90 Å². The van der Waals surface area contributed by atoms with E-state index in [0.717, 1.165) is 5.56 Å². The molecule has 1 unspecified atom stereocenters. The van der Waals surface area contributed by atoms with Gasteiger partial charge in [-0.05, 0) is 19.1 Å². The summed E-state index contributed by atoms with van der Waals surface area (Å²) in [5.74, 6) is -1.13.